The van der Waals surface area contributed by atoms with Crippen molar-refractivity contribution in [1.82, 2.24) is 15.5 Å². The molecule has 1 fully saturated rings. The third-order valence-electron chi connectivity index (χ3n) is 1.89. The molecule has 2 rings (SSSR count). The van der Waals surface area contributed by atoms with Crippen LogP contribution in [-0.4, -0.2) is 16.1 Å². The topological polar surface area (TPSA) is 57.8 Å². The molecule has 0 spiro atoms. The molecule has 1 atom stereocenters. The van der Waals surface area contributed by atoms with E-state index in [0.29, 0.717) is 6.42 Å². The number of H-pyrrole nitrogens is 1. The van der Waals surface area contributed by atoms with Crippen LogP contribution < -0.4 is 5.32 Å². The van der Waals surface area contributed by atoms with Gasteiger partial charge in [-0.3, -0.25) is 9.89 Å². The Balaban J connectivity index is 2.13. The van der Waals surface area contributed by atoms with Crippen LogP contribution in [0, 0.1) is 0 Å². The molecule has 0 bridgehead atoms. The maximum atomic E-state index is 10.8. The van der Waals surface area contributed by atoms with E-state index in [1.165, 1.54) is 0 Å². The van der Waals surface area contributed by atoms with E-state index >= 15 is 0 Å². The number of amides is 1. The SMILES string of the molecule is O=C1CCC(c2ccn[nH]2)N1. The molecule has 2 heterocycles. The maximum absolute atomic E-state index is 10.8. The Hall–Kier alpha value is -1.32. The number of nitrogens with zero attached hydrogens (tertiary/aromatic N) is 1. The second kappa shape index (κ2) is 2.38. The van der Waals surface area contributed by atoms with Crippen molar-refractivity contribution in [1.29, 1.82) is 0 Å². The lowest BCUT2D eigenvalue weighted by Gasteiger charge is -2.04. The van der Waals surface area contributed by atoms with E-state index in [9.17, 15) is 4.79 Å². The van der Waals surface area contributed by atoms with Gasteiger partial charge in [-0.1, -0.05) is 0 Å². The number of aromatic amines is 1. The number of carbonyl (C=O) groups is 1. The van der Waals surface area contributed by atoms with Gasteiger partial charge in [0.1, 0.15) is 0 Å². The fourth-order valence-corrected chi connectivity index (χ4v) is 1.31. The molecule has 1 aliphatic heterocycles. The van der Waals surface area contributed by atoms with Crippen molar-refractivity contribution in [2.75, 3.05) is 0 Å². The van der Waals surface area contributed by atoms with E-state index in [1.807, 2.05) is 6.07 Å². The Morgan fingerprint density at radius 2 is 2.55 bits per heavy atom. The Bertz CT molecular complexity index is 255. The Kier molecular flexibility index (Phi) is 1.38. The van der Waals surface area contributed by atoms with Crippen LogP contribution >= 0.6 is 0 Å². The molecule has 1 aromatic rings. The molecule has 1 aliphatic rings. The Morgan fingerprint density at radius 3 is 3.09 bits per heavy atom. The lowest BCUT2D eigenvalue weighted by atomic mass is 10.2. The minimum Gasteiger partial charge on any atom is -0.348 e. The molecule has 1 unspecified atom stereocenters. The molecule has 0 radical (unpaired) electrons. The molecular weight excluding hydrogens is 142 g/mol. The van der Waals surface area contributed by atoms with E-state index in [1.54, 1.807) is 6.20 Å². The van der Waals surface area contributed by atoms with Crippen LogP contribution in [0.2, 0.25) is 0 Å². The van der Waals surface area contributed by atoms with Crippen LogP contribution in [0.4, 0.5) is 0 Å². The highest BCUT2D eigenvalue weighted by atomic mass is 16.1. The van der Waals surface area contributed by atoms with Gasteiger partial charge in [0.15, 0.2) is 0 Å². The molecule has 0 aromatic carbocycles. The largest absolute Gasteiger partial charge is 0.348 e. The highest BCUT2D eigenvalue weighted by Crippen LogP contribution is 2.20. The number of carbonyl (C=O) groups excluding carboxylic acids is 1. The lowest BCUT2D eigenvalue weighted by molar-refractivity contribution is -0.119. The van der Waals surface area contributed by atoms with Crippen LogP contribution in [0.3, 0.4) is 0 Å². The van der Waals surface area contributed by atoms with E-state index < -0.39 is 0 Å². The molecule has 1 aromatic heterocycles. The van der Waals surface area contributed by atoms with E-state index in [0.717, 1.165) is 12.1 Å². The Morgan fingerprint density at radius 1 is 1.64 bits per heavy atom. The first-order valence-electron chi connectivity index (χ1n) is 3.65. The predicted molar refractivity (Wildman–Crippen MR) is 38.7 cm³/mol. The summed E-state index contributed by atoms with van der Waals surface area (Å²) in [5, 5.41) is 9.50. The predicted octanol–water partition coefficient (Wildman–Crippen LogP) is 0.361. The van der Waals surface area contributed by atoms with Gasteiger partial charge in [0.05, 0.1) is 11.7 Å². The first-order chi connectivity index (χ1) is 5.36. The van der Waals surface area contributed by atoms with Crippen molar-refractivity contribution in [3.63, 3.8) is 0 Å². The van der Waals surface area contributed by atoms with Crippen molar-refractivity contribution < 1.29 is 4.79 Å². The van der Waals surface area contributed by atoms with Crippen LogP contribution in [0.5, 0.6) is 0 Å². The standard InChI is InChI=1S/C7H9N3O/c11-7-2-1-5(9-7)6-3-4-8-10-6/h3-5H,1-2H2,(H,8,10)(H,9,11). The number of nitrogens with one attached hydrogen (secondary N) is 2. The summed E-state index contributed by atoms with van der Waals surface area (Å²) in [4.78, 5) is 10.8. The number of hydrogen-bond acceptors (Lipinski definition) is 2. The zero-order valence-electron chi connectivity index (χ0n) is 6.00. The summed E-state index contributed by atoms with van der Waals surface area (Å²) in [6.07, 6.45) is 3.20. The minimum absolute atomic E-state index is 0.129. The van der Waals surface area contributed by atoms with Gasteiger partial charge in [0.25, 0.3) is 0 Å². The maximum Gasteiger partial charge on any atom is 0.220 e. The quantitative estimate of drug-likeness (QED) is 0.608. The van der Waals surface area contributed by atoms with Gasteiger partial charge in [0.2, 0.25) is 5.91 Å². The van der Waals surface area contributed by atoms with E-state index in [4.69, 9.17) is 0 Å². The summed E-state index contributed by atoms with van der Waals surface area (Å²) in [5.41, 5.74) is 0.996. The average molecular weight is 151 g/mol. The van der Waals surface area contributed by atoms with Crippen molar-refractivity contribution in [3.05, 3.63) is 18.0 Å². The second-order valence-corrected chi connectivity index (χ2v) is 2.67. The molecule has 1 saturated heterocycles. The van der Waals surface area contributed by atoms with Crippen LogP contribution in [-0.2, 0) is 4.79 Å². The van der Waals surface area contributed by atoms with Gasteiger partial charge < -0.3 is 5.32 Å². The number of aromatic nitrogens is 2. The lowest BCUT2D eigenvalue weighted by Crippen LogP contribution is -2.18. The summed E-state index contributed by atoms with van der Waals surface area (Å²) in [6.45, 7) is 0. The highest BCUT2D eigenvalue weighted by Gasteiger charge is 2.22. The van der Waals surface area contributed by atoms with Gasteiger partial charge in [-0.05, 0) is 12.5 Å². The van der Waals surface area contributed by atoms with E-state index in [2.05, 4.69) is 15.5 Å². The molecule has 58 valence electrons. The van der Waals surface area contributed by atoms with Crippen molar-refractivity contribution in [3.8, 4) is 0 Å². The van der Waals surface area contributed by atoms with Crippen molar-refractivity contribution in [2.45, 2.75) is 18.9 Å². The molecule has 1 amide bonds. The molecule has 11 heavy (non-hydrogen) atoms. The van der Waals surface area contributed by atoms with Crippen LogP contribution in [0.25, 0.3) is 0 Å². The Labute approximate surface area is 64.0 Å². The first-order valence-corrected chi connectivity index (χ1v) is 3.65. The van der Waals surface area contributed by atoms with E-state index in [-0.39, 0.29) is 11.9 Å². The summed E-state index contributed by atoms with van der Waals surface area (Å²) < 4.78 is 0. The zero-order chi connectivity index (χ0) is 7.68. The molecule has 4 heteroatoms. The number of hydrogen-bond donors (Lipinski definition) is 2. The van der Waals surface area contributed by atoms with Crippen LogP contribution in [0.15, 0.2) is 12.3 Å². The summed E-state index contributed by atoms with van der Waals surface area (Å²) >= 11 is 0. The smallest absolute Gasteiger partial charge is 0.220 e. The average Bonchev–Trinajstić information content (AvgIpc) is 2.55. The third-order valence-corrected chi connectivity index (χ3v) is 1.89. The summed E-state index contributed by atoms with van der Waals surface area (Å²) in [7, 11) is 0. The minimum atomic E-state index is 0.129. The summed E-state index contributed by atoms with van der Waals surface area (Å²) in [6, 6.07) is 2.04. The van der Waals surface area contributed by atoms with Gasteiger partial charge in [-0.2, -0.15) is 5.10 Å². The monoisotopic (exact) mass is 151 g/mol. The van der Waals surface area contributed by atoms with Gasteiger partial charge in [0, 0.05) is 12.6 Å². The first kappa shape index (κ1) is 6.39. The van der Waals surface area contributed by atoms with Crippen molar-refractivity contribution in [2.24, 2.45) is 0 Å². The summed E-state index contributed by atoms with van der Waals surface area (Å²) in [5.74, 6) is 0.129. The fourth-order valence-electron chi connectivity index (χ4n) is 1.31. The zero-order valence-corrected chi connectivity index (χ0v) is 6.00. The molecule has 4 nitrogen and oxygen atoms in total. The third kappa shape index (κ3) is 1.11. The van der Waals surface area contributed by atoms with Gasteiger partial charge in [-0.25, -0.2) is 0 Å². The molecule has 0 aliphatic carbocycles. The van der Waals surface area contributed by atoms with Gasteiger partial charge in [-0.15, -0.1) is 0 Å². The van der Waals surface area contributed by atoms with Crippen LogP contribution in [0.1, 0.15) is 24.6 Å². The van der Waals surface area contributed by atoms with Gasteiger partial charge >= 0.3 is 0 Å². The normalized spacial score (nSPS) is 23.6. The molecule has 2 N–H and O–H groups in total. The highest BCUT2D eigenvalue weighted by molar-refractivity contribution is 5.78. The second-order valence-electron chi connectivity index (χ2n) is 2.67. The molecule has 0 saturated carbocycles. The molecular formula is C7H9N3O. The number of rotatable bonds is 1. The fraction of sp³-hybridized carbons (Fsp3) is 0.429. The van der Waals surface area contributed by atoms with Crippen molar-refractivity contribution >= 4 is 5.91 Å².